The number of halogens is 1. The van der Waals surface area contributed by atoms with Crippen molar-refractivity contribution < 1.29 is 14.2 Å². The fourth-order valence-electron chi connectivity index (χ4n) is 3.51. The summed E-state index contributed by atoms with van der Waals surface area (Å²) >= 11 is 6.20. The largest absolute Gasteiger partial charge is 0.495 e. The predicted molar refractivity (Wildman–Crippen MR) is 104 cm³/mol. The third kappa shape index (κ3) is 3.95. The summed E-state index contributed by atoms with van der Waals surface area (Å²) in [7, 11) is 1.59. The quantitative estimate of drug-likeness (QED) is 0.856. The number of anilines is 3. The van der Waals surface area contributed by atoms with E-state index < -0.39 is 0 Å². The Morgan fingerprint density at radius 2 is 1.89 bits per heavy atom. The van der Waals surface area contributed by atoms with Crippen LogP contribution in [0.4, 0.5) is 17.5 Å². The number of aryl methyl sites for hydroxylation is 1. The van der Waals surface area contributed by atoms with Gasteiger partial charge in [0.1, 0.15) is 11.6 Å². The van der Waals surface area contributed by atoms with E-state index in [1.54, 1.807) is 13.2 Å². The van der Waals surface area contributed by atoms with Crippen LogP contribution in [0.3, 0.4) is 0 Å². The highest BCUT2D eigenvalue weighted by molar-refractivity contribution is 6.32. The third-order valence-electron chi connectivity index (χ3n) is 4.91. The van der Waals surface area contributed by atoms with Gasteiger partial charge in [-0.25, -0.2) is 4.98 Å². The van der Waals surface area contributed by atoms with E-state index in [4.69, 9.17) is 25.8 Å². The Hall–Kier alpha value is -2.09. The number of hydrogen-bond acceptors (Lipinski definition) is 7. The SMILES string of the molecule is COc1ccc(Nc2nc(C)cc(N3CCC4(CC3)OCCO4)n2)cc1Cl. The van der Waals surface area contributed by atoms with Gasteiger partial charge in [-0.3, -0.25) is 0 Å². The van der Waals surface area contributed by atoms with Crippen molar-refractivity contribution in [3.8, 4) is 5.75 Å². The molecule has 1 spiro atoms. The molecular formula is C19H23ClN4O3. The molecule has 0 bridgehead atoms. The second-order valence-corrected chi connectivity index (χ2v) is 7.17. The molecule has 1 N–H and O–H groups in total. The van der Waals surface area contributed by atoms with Gasteiger partial charge in [-0.15, -0.1) is 0 Å². The van der Waals surface area contributed by atoms with Crippen molar-refractivity contribution in [1.29, 1.82) is 0 Å². The van der Waals surface area contributed by atoms with Crippen LogP contribution in [0.25, 0.3) is 0 Å². The summed E-state index contributed by atoms with van der Waals surface area (Å²) in [6.07, 6.45) is 1.68. The molecule has 27 heavy (non-hydrogen) atoms. The number of benzene rings is 1. The topological polar surface area (TPSA) is 68.7 Å². The Bertz CT molecular complexity index is 817. The molecule has 0 saturated carbocycles. The van der Waals surface area contributed by atoms with E-state index >= 15 is 0 Å². The van der Waals surface area contributed by atoms with Crippen LogP contribution < -0.4 is 15.0 Å². The van der Waals surface area contributed by atoms with Crippen LogP contribution in [-0.4, -0.2) is 49.2 Å². The van der Waals surface area contributed by atoms with Crippen molar-refractivity contribution in [2.75, 3.05) is 43.6 Å². The van der Waals surface area contributed by atoms with Gasteiger partial charge in [-0.1, -0.05) is 11.6 Å². The fraction of sp³-hybridized carbons (Fsp3) is 0.474. The molecule has 0 radical (unpaired) electrons. The molecule has 0 unspecified atom stereocenters. The van der Waals surface area contributed by atoms with Crippen LogP contribution >= 0.6 is 11.6 Å². The Kier molecular flexibility index (Phi) is 5.08. The lowest BCUT2D eigenvalue weighted by Crippen LogP contribution is -2.45. The average molecular weight is 391 g/mol. The molecule has 2 saturated heterocycles. The molecule has 2 aliphatic heterocycles. The Morgan fingerprint density at radius 3 is 2.56 bits per heavy atom. The molecule has 0 aliphatic carbocycles. The zero-order valence-electron chi connectivity index (χ0n) is 15.5. The van der Waals surface area contributed by atoms with Crippen LogP contribution in [-0.2, 0) is 9.47 Å². The first-order chi connectivity index (χ1) is 13.1. The average Bonchev–Trinajstić information content (AvgIpc) is 3.10. The lowest BCUT2D eigenvalue weighted by Gasteiger charge is -2.38. The lowest BCUT2D eigenvalue weighted by atomic mass is 10.0. The minimum absolute atomic E-state index is 0.389. The van der Waals surface area contributed by atoms with E-state index in [0.717, 1.165) is 43.1 Å². The van der Waals surface area contributed by atoms with E-state index in [9.17, 15) is 0 Å². The molecule has 1 aromatic heterocycles. The summed E-state index contributed by atoms with van der Waals surface area (Å²) in [6, 6.07) is 7.49. The molecule has 0 atom stereocenters. The summed E-state index contributed by atoms with van der Waals surface area (Å²) in [5, 5.41) is 3.76. The Balaban J connectivity index is 1.49. The van der Waals surface area contributed by atoms with Gasteiger partial charge >= 0.3 is 0 Å². The van der Waals surface area contributed by atoms with Gasteiger partial charge in [0.15, 0.2) is 5.79 Å². The number of nitrogens with zero attached hydrogens (tertiary/aromatic N) is 3. The van der Waals surface area contributed by atoms with E-state index in [2.05, 4.69) is 20.2 Å². The summed E-state index contributed by atoms with van der Waals surface area (Å²) in [5.74, 6) is 1.68. The van der Waals surface area contributed by atoms with Crippen LogP contribution in [0.2, 0.25) is 5.02 Å². The van der Waals surface area contributed by atoms with Crippen molar-refractivity contribution in [3.05, 3.63) is 35.0 Å². The van der Waals surface area contributed by atoms with Crippen LogP contribution in [0.15, 0.2) is 24.3 Å². The first kappa shape index (κ1) is 18.3. The van der Waals surface area contributed by atoms with Crippen LogP contribution in [0, 0.1) is 6.92 Å². The Morgan fingerprint density at radius 1 is 1.15 bits per heavy atom. The molecular weight excluding hydrogens is 368 g/mol. The third-order valence-corrected chi connectivity index (χ3v) is 5.21. The van der Waals surface area contributed by atoms with Gasteiger partial charge in [-0.05, 0) is 25.1 Å². The van der Waals surface area contributed by atoms with E-state index in [1.807, 2.05) is 25.1 Å². The van der Waals surface area contributed by atoms with E-state index in [1.165, 1.54) is 0 Å². The second kappa shape index (κ2) is 7.50. The molecule has 2 aliphatic rings. The van der Waals surface area contributed by atoms with Crippen molar-refractivity contribution in [1.82, 2.24) is 9.97 Å². The molecule has 7 nitrogen and oxygen atoms in total. The molecule has 1 aromatic carbocycles. The van der Waals surface area contributed by atoms with E-state index in [0.29, 0.717) is 29.9 Å². The number of methoxy groups -OCH3 is 1. The molecule has 3 heterocycles. The van der Waals surface area contributed by atoms with Gasteiger partial charge in [0.25, 0.3) is 0 Å². The maximum Gasteiger partial charge on any atom is 0.229 e. The number of piperidine rings is 1. The fourth-order valence-corrected chi connectivity index (χ4v) is 3.76. The lowest BCUT2D eigenvalue weighted by molar-refractivity contribution is -0.169. The zero-order valence-corrected chi connectivity index (χ0v) is 16.3. The molecule has 2 fully saturated rings. The highest BCUT2D eigenvalue weighted by Gasteiger charge is 2.40. The Labute approximate surface area is 163 Å². The first-order valence-corrected chi connectivity index (χ1v) is 9.44. The summed E-state index contributed by atoms with van der Waals surface area (Å²) in [6.45, 7) is 5.01. The van der Waals surface area contributed by atoms with Crippen molar-refractivity contribution in [3.63, 3.8) is 0 Å². The summed E-state index contributed by atoms with van der Waals surface area (Å²) in [4.78, 5) is 11.4. The van der Waals surface area contributed by atoms with Crippen LogP contribution in [0.5, 0.6) is 5.75 Å². The molecule has 8 heteroatoms. The van der Waals surface area contributed by atoms with Gasteiger partial charge < -0.3 is 24.4 Å². The van der Waals surface area contributed by atoms with E-state index in [-0.39, 0.29) is 5.79 Å². The molecule has 144 valence electrons. The standard InChI is InChI=1S/C19H23ClN4O3/c1-13-11-17(24-7-5-19(6-8-24)26-9-10-27-19)23-18(21-13)22-14-3-4-16(25-2)15(20)12-14/h3-4,11-12H,5-10H2,1-2H3,(H,21,22,23). The zero-order chi connectivity index (χ0) is 18.9. The number of aromatic nitrogens is 2. The van der Waals surface area contributed by atoms with Gasteiger partial charge in [0, 0.05) is 43.4 Å². The van der Waals surface area contributed by atoms with Crippen LogP contribution in [0.1, 0.15) is 18.5 Å². The van der Waals surface area contributed by atoms with Gasteiger partial charge in [0.2, 0.25) is 5.95 Å². The summed E-state index contributed by atoms with van der Waals surface area (Å²) < 4.78 is 16.8. The molecule has 2 aromatic rings. The maximum atomic E-state index is 6.20. The summed E-state index contributed by atoms with van der Waals surface area (Å²) in [5.41, 5.74) is 1.71. The number of rotatable bonds is 4. The minimum atomic E-state index is -0.389. The highest BCUT2D eigenvalue weighted by Crippen LogP contribution is 2.33. The van der Waals surface area contributed by atoms with Crippen molar-refractivity contribution >= 4 is 29.1 Å². The number of hydrogen-bond donors (Lipinski definition) is 1. The molecule has 4 rings (SSSR count). The number of nitrogens with one attached hydrogen (secondary N) is 1. The normalized spacial score (nSPS) is 18.7. The smallest absolute Gasteiger partial charge is 0.229 e. The van der Waals surface area contributed by atoms with Gasteiger partial charge in [-0.2, -0.15) is 4.98 Å². The molecule has 0 amide bonds. The van der Waals surface area contributed by atoms with Crippen molar-refractivity contribution in [2.24, 2.45) is 0 Å². The number of ether oxygens (including phenoxy) is 3. The first-order valence-electron chi connectivity index (χ1n) is 9.06. The monoisotopic (exact) mass is 390 g/mol. The minimum Gasteiger partial charge on any atom is -0.495 e. The van der Waals surface area contributed by atoms with Gasteiger partial charge in [0.05, 0.1) is 25.3 Å². The van der Waals surface area contributed by atoms with Crippen molar-refractivity contribution in [2.45, 2.75) is 25.6 Å². The highest BCUT2D eigenvalue weighted by atomic mass is 35.5. The predicted octanol–water partition coefficient (Wildman–Crippen LogP) is 3.53. The maximum absolute atomic E-state index is 6.20. The second-order valence-electron chi connectivity index (χ2n) is 6.76.